The highest BCUT2D eigenvalue weighted by molar-refractivity contribution is 7.99. The van der Waals surface area contributed by atoms with Gasteiger partial charge in [-0.25, -0.2) is 9.97 Å². The molecule has 0 aliphatic carbocycles. The second kappa shape index (κ2) is 6.20. The largest absolute Gasteiger partial charge is 0.266 e. The minimum absolute atomic E-state index is 0.278. The Morgan fingerprint density at radius 3 is 2.78 bits per heavy atom. The Bertz CT molecular complexity index is 525. The van der Waals surface area contributed by atoms with E-state index >= 15 is 0 Å². The number of rotatable bonds is 5. The smallest absolute Gasteiger partial charge is 0.231 e. The van der Waals surface area contributed by atoms with Crippen LogP contribution in [-0.4, -0.2) is 30.7 Å². The summed E-state index contributed by atoms with van der Waals surface area (Å²) in [5.74, 6) is 1.04. The van der Waals surface area contributed by atoms with Gasteiger partial charge in [0.05, 0.1) is 12.4 Å². The molecule has 0 atom stereocenters. The number of halogens is 2. The van der Waals surface area contributed by atoms with Crippen molar-refractivity contribution in [3.8, 4) is 5.82 Å². The second-order valence-corrected chi connectivity index (χ2v) is 4.21. The summed E-state index contributed by atoms with van der Waals surface area (Å²) < 4.78 is 23.6. The Morgan fingerprint density at radius 1 is 1.28 bits per heavy atom. The Morgan fingerprint density at radius 2 is 2.06 bits per heavy atom. The number of hydrogen-bond donors (Lipinski definition) is 0. The van der Waals surface area contributed by atoms with Crippen LogP contribution in [-0.2, 0) is 0 Å². The average Bonchev–Trinajstić information content (AvgIpc) is 2.89. The van der Waals surface area contributed by atoms with Gasteiger partial charge < -0.3 is 0 Å². The van der Waals surface area contributed by atoms with E-state index in [0.29, 0.717) is 16.7 Å². The van der Waals surface area contributed by atoms with Gasteiger partial charge in [-0.05, 0) is 12.5 Å². The molecule has 5 nitrogen and oxygen atoms in total. The van der Waals surface area contributed by atoms with Crippen LogP contribution in [0.2, 0.25) is 0 Å². The summed E-state index contributed by atoms with van der Waals surface area (Å²) in [6.07, 6.45) is 4.17. The molecular weight excluding hydrogens is 260 g/mol. The maximum Gasteiger partial charge on any atom is 0.266 e. The van der Waals surface area contributed by atoms with Crippen LogP contribution in [0.25, 0.3) is 5.82 Å². The third-order valence-electron chi connectivity index (χ3n) is 1.89. The highest BCUT2D eigenvalue weighted by Gasteiger charge is 2.02. The predicted molar refractivity (Wildman–Crippen MR) is 62.6 cm³/mol. The van der Waals surface area contributed by atoms with E-state index < -0.39 is 6.08 Å². The van der Waals surface area contributed by atoms with Crippen molar-refractivity contribution >= 4 is 11.8 Å². The van der Waals surface area contributed by atoms with Gasteiger partial charge in [0.2, 0.25) is 0 Å². The monoisotopic (exact) mass is 269 g/mol. The Kier molecular flexibility index (Phi) is 4.35. The molecule has 0 fully saturated rings. The van der Waals surface area contributed by atoms with Gasteiger partial charge in [0.1, 0.15) is 0 Å². The average molecular weight is 269 g/mol. The molecule has 0 saturated carbocycles. The fourth-order valence-electron chi connectivity index (χ4n) is 1.17. The van der Waals surface area contributed by atoms with Crippen LogP contribution in [0.5, 0.6) is 0 Å². The van der Waals surface area contributed by atoms with Crippen molar-refractivity contribution in [2.45, 2.75) is 11.6 Å². The molecule has 0 saturated heterocycles. The van der Waals surface area contributed by atoms with Gasteiger partial charge in [0, 0.05) is 18.0 Å². The summed E-state index contributed by atoms with van der Waals surface area (Å²) in [5.41, 5.74) is 0. The van der Waals surface area contributed by atoms with E-state index in [-0.39, 0.29) is 6.42 Å². The fraction of sp³-hybridized carbons (Fsp3) is 0.200. The van der Waals surface area contributed by atoms with Crippen LogP contribution in [0.15, 0.2) is 42.0 Å². The van der Waals surface area contributed by atoms with Gasteiger partial charge in [-0.2, -0.15) is 19.0 Å². The van der Waals surface area contributed by atoms with E-state index in [9.17, 15) is 8.78 Å². The Hall–Kier alpha value is -1.83. The highest BCUT2D eigenvalue weighted by atomic mass is 32.2. The maximum absolute atomic E-state index is 11.8. The summed E-state index contributed by atoms with van der Waals surface area (Å²) in [4.78, 5) is 9.62. The molecule has 8 heteroatoms. The van der Waals surface area contributed by atoms with Crippen molar-refractivity contribution in [3.63, 3.8) is 0 Å². The number of hydrogen-bond acceptors (Lipinski definition) is 5. The van der Waals surface area contributed by atoms with E-state index in [0.717, 1.165) is 6.08 Å². The number of aromatic nitrogens is 5. The third kappa shape index (κ3) is 3.59. The molecule has 0 aliphatic rings. The topological polar surface area (TPSA) is 56.5 Å². The molecule has 0 aliphatic heterocycles. The van der Waals surface area contributed by atoms with Gasteiger partial charge in [0.25, 0.3) is 6.08 Å². The lowest BCUT2D eigenvalue weighted by Gasteiger charge is -2.01. The van der Waals surface area contributed by atoms with Crippen LogP contribution >= 0.6 is 11.8 Å². The molecule has 0 aromatic carbocycles. The first-order valence-electron chi connectivity index (χ1n) is 5.09. The zero-order chi connectivity index (χ0) is 12.8. The number of nitrogens with zero attached hydrogens (tertiary/aromatic N) is 5. The van der Waals surface area contributed by atoms with E-state index in [1.165, 1.54) is 16.6 Å². The molecule has 2 heterocycles. The lowest BCUT2D eigenvalue weighted by molar-refractivity contribution is 0.418. The molecule has 0 spiro atoms. The van der Waals surface area contributed by atoms with Crippen LogP contribution in [0.3, 0.4) is 0 Å². The number of allylic oxidation sites excluding steroid dienone is 1. The zero-order valence-electron chi connectivity index (χ0n) is 9.20. The molecule has 18 heavy (non-hydrogen) atoms. The molecule has 94 valence electrons. The minimum atomic E-state index is -1.66. The van der Waals surface area contributed by atoms with Gasteiger partial charge in [-0.15, -0.1) is 4.80 Å². The molecule has 0 amide bonds. The van der Waals surface area contributed by atoms with Crippen molar-refractivity contribution in [2.24, 2.45) is 0 Å². The van der Waals surface area contributed by atoms with Gasteiger partial charge in [-0.3, -0.25) is 0 Å². The van der Waals surface area contributed by atoms with Gasteiger partial charge >= 0.3 is 0 Å². The summed E-state index contributed by atoms with van der Waals surface area (Å²) in [7, 11) is 0. The maximum atomic E-state index is 11.8. The minimum Gasteiger partial charge on any atom is -0.231 e. The van der Waals surface area contributed by atoms with Crippen molar-refractivity contribution in [3.05, 3.63) is 36.8 Å². The Labute approximate surface area is 106 Å². The summed E-state index contributed by atoms with van der Waals surface area (Å²) in [5, 5.41) is 8.40. The Balaban J connectivity index is 1.98. The van der Waals surface area contributed by atoms with Crippen molar-refractivity contribution in [2.75, 3.05) is 5.75 Å². The van der Waals surface area contributed by atoms with E-state index in [1.54, 1.807) is 24.7 Å². The second-order valence-electron chi connectivity index (χ2n) is 3.15. The molecule has 0 radical (unpaired) electrons. The first-order valence-corrected chi connectivity index (χ1v) is 6.08. The molecule has 0 N–H and O–H groups in total. The van der Waals surface area contributed by atoms with Gasteiger partial charge in [-0.1, -0.05) is 11.8 Å². The first-order chi connectivity index (χ1) is 8.75. The highest BCUT2D eigenvalue weighted by Crippen LogP contribution is 2.15. The SMILES string of the molecule is FC(F)=CCCSc1nccc(-n2nccn2)n1. The molecule has 2 aromatic heterocycles. The summed E-state index contributed by atoms with van der Waals surface area (Å²) in [6, 6.07) is 1.67. The fourth-order valence-corrected chi connectivity index (χ4v) is 1.88. The van der Waals surface area contributed by atoms with Crippen LogP contribution in [0, 0.1) is 0 Å². The molecule has 0 unspecified atom stereocenters. The lowest BCUT2D eigenvalue weighted by atomic mass is 10.5. The van der Waals surface area contributed by atoms with Crippen molar-refractivity contribution in [1.82, 2.24) is 25.0 Å². The van der Waals surface area contributed by atoms with Crippen LogP contribution in [0.4, 0.5) is 8.78 Å². The normalized spacial score (nSPS) is 10.3. The summed E-state index contributed by atoms with van der Waals surface area (Å²) in [6.45, 7) is 0. The summed E-state index contributed by atoms with van der Waals surface area (Å²) >= 11 is 1.30. The molecular formula is C10H9F2N5S. The van der Waals surface area contributed by atoms with E-state index in [1.807, 2.05) is 0 Å². The third-order valence-corrected chi connectivity index (χ3v) is 2.78. The quantitative estimate of drug-likeness (QED) is 0.473. The van der Waals surface area contributed by atoms with E-state index in [2.05, 4.69) is 20.2 Å². The molecule has 2 rings (SSSR count). The standard InChI is InChI=1S/C10H9F2N5S/c11-8(12)2-1-7-18-10-13-4-3-9(16-10)17-14-5-6-15-17/h2-6H,1,7H2. The van der Waals surface area contributed by atoms with Crippen molar-refractivity contribution in [1.29, 1.82) is 0 Å². The molecule has 0 bridgehead atoms. The van der Waals surface area contributed by atoms with E-state index in [4.69, 9.17) is 0 Å². The lowest BCUT2D eigenvalue weighted by Crippen LogP contribution is -2.02. The van der Waals surface area contributed by atoms with Crippen molar-refractivity contribution < 1.29 is 8.78 Å². The zero-order valence-corrected chi connectivity index (χ0v) is 10.0. The predicted octanol–water partition coefficient (Wildman–Crippen LogP) is 2.32. The van der Waals surface area contributed by atoms with Crippen LogP contribution in [0.1, 0.15) is 6.42 Å². The molecule has 2 aromatic rings. The van der Waals surface area contributed by atoms with Gasteiger partial charge in [0.15, 0.2) is 11.0 Å². The first kappa shape index (κ1) is 12.6. The number of thioether (sulfide) groups is 1. The van der Waals surface area contributed by atoms with Crippen LogP contribution < -0.4 is 0 Å².